The first-order valence-electron chi connectivity index (χ1n) is 13.0. The van der Waals surface area contributed by atoms with E-state index in [4.69, 9.17) is 4.74 Å². The summed E-state index contributed by atoms with van der Waals surface area (Å²) in [6, 6.07) is 17.8. The summed E-state index contributed by atoms with van der Waals surface area (Å²) in [6.45, 7) is 0.165. The first-order valence-corrected chi connectivity index (χ1v) is 13.0. The summed E-state index contributed by atoms with van der Waals surface area (Å²) in [6.07, 6.45) is 8.67. The summed E-state index contributed by atoms with van der Waals surface area (Å²) >= 11 is 0. The van der Waals surface area contributed by atoms with E-state index in [9.17, 15) is 9.59 Å². The van der Waals surface area contributed by atoms with Crippen molar-refractivity contribution >= 4 is 22.8 Å². The van der Waals surface area contributed by atoms with E-state index in [1.165, 1.54) is 6.42 Å². The molecule has 38 heavy (non-hydrogen) atoms. The summed E-state index contributed by atoms with van der Waals surface area (Å²) in [7, 11) is 1.60. The number of benzene rings is 2. The number of hydrogen-bond donors (Lipinski definition) is 1. The summed E-state index contributed by atoms with van der Waals surface area (Å²) in [4.78, 5) is 33.8. The van der Waals surface area contributed by atoms with Crippen LogP contribution < -0.4 is 10.1 Å². The fourth-order valence-electron chi connectivity index (χ4n) is 5.05. The van der Waals surface area contributed by atoms with E-state index in [-0.39, 0.29) is 30.9 Å². The Balaban J connectivity index is 1.51. The Hall–Kier alpha value is -4.27. The van der Waals surface area contributed by atoms with Crippen LogP contribution in [-0.2, 0) is 22.7 Å². The molecule has 0 radical (unpaired) electrons. The van der Waals surface area contributed by atoms with Crippen molar-refractivity contribution in [3.63, 3.8) is 0 Å². The number of fused-ring (bicyclic) bond motifs is 1. The molecule has 5 rings (SSSR count). The van der Waals surface area contributed by atoms with Gasteiger partial charge in [-0.3, -0.25) is 14.6 Å². The number of ether oxygens (including phenoxy) is 1. The maximum Gasteiger partial charge on any atom is 0.247 e. The monoisotopic (exact) mass is 512 g/mol. The van der Waals surface area contributed by atoms with Gasteiger partial charge in [-0.15, -0.1) is 5.10 Å². The molecule has 9 nitrogen and oxygen atoms in total. The van der Waals surface area contributed by atoms with Crippen LogP contribution in [0.5, 0.6) is 5.75 Å². The average molecular weight is 513 g/mol. The molecule has 0 bridgehead atoms. The second-order valence-electron chi connectivity index (χ2n) is 9.64. The van der Waals surface area contributed by atoms with Gasteiger partial charge in [0, 0.05) is 25.0 Å². The number of carbonyl (C=O) groups excluding carboxylic acids is 2. The molecule has 0 unspecified atom stereocenters. The Bertz CT molecular complexity index is 1370. The molecule has 2 heterocycles. The number of nitrogens with one attached hydrogen (secondary N) is 1. The number of hydrogen-bond acceptors (Lipinski definition) is 6. The van der Waals surface area contributed by atoms with E-state index in [1.807, 2.05) is 60.7 Å². The minimum atomic E-state index is -0.842. The minimum absolute atomic E-state index is 0.0514. The first kappa shape index (κ1) is 25.4. The standard InChI is InChI=1S/C29H32N6O3/c1-38-24-15-13-22(14-16-24)28(29(37)31-23-9-3-2-4-10-23)34(19-21-8-7-17-30-18-21)27(36)20-35-26-12-6-5-11-25(26)32-33-35/h5-8,11-18,23,28H,2-4,9-10,19-20H2,1H3,(H,31,37)/t28-/m1/s1. The van der Waals surface area contributed by atoms with Gasteiger partial charge in [0.05, 0.1) is 12.6 Å². The molecule has 4 aromatic rings. The van der Waals surface area contributed by atoms with Crippen molar-refractivity contribution in [2.24, 2.45) is 0 Å². The highest BCUT2D eigenvalue weighted by Gasteiger charge is 2.33. The normalized spacial score (nSPS) is 14.7. The van der Waals surface area contributed by atoms with Crippen molar-refractivity contribution in [2.75, 3.05) is 7.11 Å². The van der Waals surface area contributed by atoms with E-state index < -0.39 is 6.04 Å². The number of methoxy groups -OCH3 is 1. The van der Waals surface area contributed by atoms with Crippen molar-refractivity contribution in [2.45, 2.75) is 57.3 Å². The lowest BCUT2D eigenvalue weighted by Crippen LogP contribution is -2.47. The maximum atomic E-state index is 14.0. The van der Waals surface area contributed by atoms with Gasteiger partial charge in [-0.25, -0.2) is 4.68 Å². The van der Waals surface area contributed by atoms with Gasteiger partial charge in [0.25, 0.3) is 0 Å². The number of rotatable bonds is 9. The van der Waals surface area contributed by atoms with Gasteiger partial charge >= 0.3 is 0 Å². The van der Waals surface area contributed by atoms with Gasteiger partial charge in [0.2, 0.25) is 11.8 Å². The van der Waals surface area contributed by atoms with Crippen molar-refractivity contribution < 1.29 is 14.3 Å². The minimum Gasteiger partial charge on any atom is -0.497 e. The van der Waals surface area contributed by atoms with E-state index >= 15 is 0 Å². The number of carbonyl (C=O) groups is 2. The second kappa shape index (κ2) is 11.9. The topological polar surface area (TPSA) is 102 Å². The van der Waals surface area contributed by atoms with Gasteiger partial charge in [-0.2, -0.15) is 0 Å². The molecule has 196 valence electrons. The summed E-state index contributed by atoms with van der Waals surface area (Å²) in [5, 5.41) is 11.6. The Morgan fingerprint density at radius 3 is 2.58 bits per heavy atom. The number of pyridine rings is 1. The third-order valence-electron chi connectivity index (χ3n) is 7.04. The molecule has 1 atom stereocenters. The lowest BCUT2D eigenvalue weighted by molar-refractivity contribution is -0.142. The van der Waals surface area contributed by atoms with E-state index in [0.717, 1.165) is 36.8 Å². The van der Waals surface area contributed by atoms with Crippen LogP contribution in [0.3, 0.4) is 0 Å². The van der Waals surface area contributed by atoms with Crippen LogP contribution in [0.2, 0.25) is 0 Å². The molecule has 9 heteroatoms. The molecule has 2 aromatic carbocycles. The maximum absolute atomic E-state index is 14.0. The van der Waals surface area contributed by atoms with Crippen molar-refractivity contribution in [1.82, 2.24) is 30.2 Å². The van der Waals surface area contributed by atoms with Crippen LogP contribution in [-0.4, -0.2) is 49.8 Å². The number of aromatic nitrogens is 4. The summed E-state index contributed by atoms with van der Waals surface area (Å²) < 4.78 is 6.92. The third-order valence-corrected chi connectivity index (χ3v) is 7.04. The summed E-state index contributed by atoms with van der Waals surface area (Å²) in [5.74, 6) is 0.242. The predicted octanol–water partition coefficient (Wildman–Crippen LogP) is 4.05. The molecule has 1 aliphatic rings. The van der Waals surface area contributed by atoms with Crippen LogP contribution in [0, 0.1) is 0 Å². The Morgan fingerprint density at radius 2 is 1.84 bits per heavy atom. The molecular formula is C29H32N6O3. The van der Waals surface area contributed by atoms with Crippen molar-refractivity contribution in [3.05, 3.63) is 84.2 Å². The number of nitrogens with zero attached hydrogens (tertiary/aromatic N) is 5. The molecule has 2 amide bonds. The highest BCUT2D eigenvalue weighted by Crippen LogP contribution is 2.28. The zero-order valence-electron chi connectivity index (χ0n) is 21.5. The van der Waals surface area contributed by atoms with Crippen LogP contribution in [0.1, 0.15) is 49.3 Å². The molecular weight excluding hydrogens is 480 g/mol. The molecule has 1 fully saturated rings. The molecule has 1 N–H and O–H groups in total. The van der Waals surface area contributed by atoms with Crippen LogP contribution in [0.25, 0.3) is 11.0 Å². The number of amides is 2. The van der Waals surface area contributed by atoms with Crippen molar-refractivity contribution in [1.29, 1.82) is 0 Å². The smallest absolute Gasteiger partial charge is 0.247 e. The average Bonchev–Trinajstić information content (AvgIpc) is 3.36. The third kappa shape index (κ3) is 5.82. The predicted molar refractivity (Wildman–Crippen MR) is 143 cm³/mol. The van der Waals surface area contributed by atoms with Gasteiger partial charge in [0.1, 0.15) is 23.9 Å². The lowest BCUT2D eigenvalue weighted by atomic mass is 9.94. The first-order chi connectivity index (χ1) is 18.6. The van der Waals surface area contributed by atoms with E-state index in [0.29, 0.717) is 16.8 Å². The Morgan fingerprint density at radius 1 is 1.05 bits per heavy atom. The Labute approximate surface area is 221 Å². The molecule has 1 aliphatic carbocycles. The highest BCUT2D eigenvalue weighted by atomic mass is 16.5. The van der Waals surface area contributed by atoms with Crippen LogP contribution in [0.4, 0.5) is 0 Å². The number of para-hydroxylation sites is 1. The van der Waals surface area contributed by atoms with Gasteiger partial charge in [0.15, 0.2) is 0 Å². The van der Waals surface area contributed by atoms with Crippen LogP contribution in [0.15, 0.2) is 73.1 Å². The molecule has 0 aliphatic heterocycles. The lowest BCUT2D eigenvalue weighted by Gasteiger charge is -2.33. The van der Waals surface area contributed by atoms with Gasteiger partial charge in [-0.05, 0) is 54.3 Å². The zero-order chi connectivity index (χ0) is 26.3. The molecule has 1 saturated carbocycles. The quantitative estimate of drug-likeness (QED) is 0.363. The summed E-state index contributed by atoms with van der Waals surface area (Å²) in [5.41, 5.74) is 3.00. The molecule has 0 spiro atoms. The molecule has 0 saturated heterocycles. The van der Waals surface area contributed by atoms with E-state index in [1.54, 1.807) is 29.1 Å². The van der Waals surface area contributed by atoms with Gasteiger partial charge in [-0.1, -0.05) is 54.8 Å². The largest absolute Gasteiger partial charge is 0.497 e. The fraction of sp³-hybridized carbons (Fsp3) is 0.345. The molecule has 2 aromatic heterocycles. The SMILES string of the molecule is COc1ccc([C@H](C(=O)NC2CCCCC2)N(Cc2cccnc2)C(=O)Cn2nnc3ccccc32)cc1. The fourth-order valence-corrected chi connectivity index (χ4v) is 5.05. The van der Waals surface area contributed by atoms with Gasteiger partial charge < -0.3 is 15.0 Å². The Kier molecular flexibility index (Phi) is 7.92. The van der Waals surface area contributed by atoms with E-state index in [2.05, 4.69) is 20.6 Å². The second-order valence-corrected chi connectivity index (χ2v) is 9.64. The van der Waals surface area contributed by atoms with Crippen molar-refractivity contribution in [3.8, 4) is 5.75 Å². The van der Waals surface area contributed by atoms with Crippen LogP contribution >= 0.6 is 0 Å². The highest BCUT2D eigenvalue weighted by molar-refractivity contribution is 5.89. The zero-order valence-corrected chi connectivity index (χ0v) is 21.5.